The number of nitrogens with zero attached hydrogens (tertiary/aromatic N) is 2. The van der Waals surface area contributed by atoms with Crippen molar-refractivity contribution in [1.82, 2.24) is 10.4 Å². The fourth-order valence-corrected chi connectivity index (χ4v) is 3.53. The lowest BCUT2D eigenvalue weighted by Gasteiger charge is -2.31. The SMILES string of the molecule is C=CCN1NC(=Nc2cccc(Br)c2)SC=C1c1ccc(Cl)cc1. The van der Waals surface area contributed by atoms with Crippen LogP contribution in [-0.4, -0.2) is 16.7 Å². The van der Waals surface area contributed by atoms with Crippen LogP contribution in [0, 0.1) is 0 Å². The number of aliphatic imine (C=N–C) groups is 1. The third kappa shape index (κ3) is 4.23. The van der Waals surface area contributed by atoms with Crippen LogP contribution in [-0.2, 0) is 0 Å². The number of thioether (sulfide) groups is 1. The first kappa shape index (κ1) is 17.1. The molecule has 1 N–H and O–H groups in total. The van der Waals surface area contributed by atoms with Gasteiger partial charge in [-0.15, -0.1) is 6.58 Å². The maximum absolute atomic E-state index is 5.98. The molecule has 0 radical (unpaired) electrons. The maximum atomic E-state index is 5.98. The molecule has 1 heterocycles. The monoisotopic (exact) mass is 419 g/mol. The molecule has 0 spiro atoms. The molecular weight excluding hydrogens is 406 g/mol. The molecule has 0 amide bonds. The maximum Gasteiger partial charge on any atom is 0.185 e. The number of halogens is 2. The van der Waals surface area contributed by atoms with Crippen LogP contribution in [0.1, 0.15) is 5.56 Å². The summed E-state index contributed by atoms with van der Waals surface area (Å²) in [5, 5.41) is 5.64. The van der Waals surface area contributed by atoms with E-state index in [1.807, 2.05) is 59.6 Å². The third-order valence-electron chi connectivity index (χ3n) is 3.29. The molecule has 0 fully saturated rings. The number of hydrogen-bond acceptors (Lipinski definition) is 3. The average Bonchev–Trinajstić information content (AvgIpc) is 2.57. The van der Waals surface area contributed by atoms with Crippen LogP contribution in [0.5, 0.6) is 0 Å². The van der Waals surface area contributed by atoms with Crippen molar-refractivity contribution in [3.8, 4) is 0 Å². The second-order valence-corrected chi connectivity index (χ2v) is 7.25. The van der Waals surface area contributed by atoms with Gasteiger partial charge in [0.25, 0.3) is 0 Å². The lowest BCUT2D eigenvalue weighted by Crippen LogP contribution is -2.41. The van der Waals surface area contributed by atoms with E-state index in [1.54, 1.807) is 11.8 Å². The Hall–Kier alpha value is -1.69. The highest BCUT2D eigenvalue weighted by Gasteiger charge is 2.18. The second kappa shape index (κ2) is 7.92. The zero-order valence-electron chi connectivity index (χ0n) is 12.7. The Bertz CT molecular complexity index is 802. The molecule has 6 heteroatoms. The molecule has 0 aromatic heterocycles. The summed E-state index contributed by atoms with van der Waals surface area (Å²) >= 11 is 11.0. The molecule has 0 saturated carbocycles. The fraction of sp³-hybridized carbons (Fsp3) is 0.0556. The van der Waals surface area contributed by atoms with Crippen LogP contribution in [0.3, 0.4) is 0 Å². The first-order valence-corrected chi connectivity index (χ1v) is 9.33. The summed E-state index contributed by atoms with van der Waals surface area (Å²) in [4.78, 5) is 4.65. The lowest BCUT2D eigenvalue weighted by atomic mass is 10.1. The van der Waals surface area contributed by atoms with Gasteiger partial charge in [0, 0.05) is 20.5 Å². The Balaban J connectivity index is 1.88. The van der Waals surface area contributed by atoms with E-state index >= 15 is 0 Å². The van der Waals surface area contributed by atoms with Crippen molar-refractivity contribution in [1.29, 1.82) is 0 Å². The van der Waals surface area contributed by atoms with E-state index in [1.165, 1.54) is 0 Å². The van der Waals surface area contributed by atoms with E-state index < -0.39 is 0 Å². The third-order valence-corrected chi connectivity index (χ3v) is 4.79. The van der Waals surface area contributed by atoms with Gasteiger partial charge >= 0.3 is 0 Å². The summed E-state index contributed by atoms with van der Waals surface area (Å²) in [7, 11) is 0. The minimum atomic E-state index is 0.659. The van der Waals surface area contributed by atoms with Gasteiger partial charge in [-0.05, 0) is 30.3 Å². The van der Waals surface area contributed by atoms with E-state index in [0.717, 1.165) is 31.6 Å². The number of hydrogen-bond donors (Lipinski definition) is 1. The zero-order chi connectivity index (χ0) is 16.9. The second-order valence-electron chi connectivity index (χ2n) is 5.04. The largest absolute Gasteiger partial charge is 0.281 e. The Morgan fingerprint density at radius 3 is 2.75 bits per heavy atom. The van der Waals surface area contributed by atoms with Crippen molar-refractivity contribution in [3.63, 3.8) is 0 Å². The highest BCUT2D eigenvalue weighted by atomic mass is 79.9. The van der Waals surface area contributed by atoms with Crippen molar-refractivity contribution >= 4 is 55.8 Å². The van der Waals surface area contributed by atoms with E-state index in [9.17, 15) is 0 Å². The normalized spacial score (nSPS) is 15.8. The molecule has 3 nitrogen and oxygen atoms in total. The lowest BCUT2D eigenvalue weighted by molar-refractivity contribution is 0.395. The minimum absolute atomic E-state index is 0.659. The molecular formula is C18H15BrClN3S. The van der Waals surface area contributed by atoms with Crippen molar-refractivity contribution in [2.75, 3.05) is 6.54 Å². The van der Waals surface area contributed by atoms with E-state index in [4.69, 9.17) is 11.6 Å². The van der Waals surface area contributed by atoms with Crippen LogP contribution >= 0.6 is 39.3 Å². The van der Waals surface area contributed by atoms with E-state index in [2.05, 4.69) is 38.3 Å². The smallest absolute Gasteiger partial charge is 0.185 e. The van der Waals surface area contributed by atoms with Crippen LogP contribution in [0.15, 0.2) is 76.1 Å². The molecule has 24 heavy (non-hydrogen) atoms. The summed E-state index contributed by atoms with van der Waals surface area (Å²) in [6, 6.07) is 15.7. The molecule has 0 saturated heterocycles. The first-order chi connectivity index (χ1) is 11.7. The van der Waals surface area contributed by atoms with Crippen molar-refractivity contribution in [2.45, 2.75) is 0 Å². The zero-order valence-corrected chi connectivity index (χ0v) is 15.9. The topological polar surface area (TPSA) is 27.6 Å². The van der Waals surface area contributed by atoms with Crippen molar-refractivity contribution in [3.05, 3.63) is 81.7 Å². The van der Waals surface area contributed by atoms with Gasteiger partial charge in [0.15, 0.2) is 5.17 Å². The van der Waals surface area contributed by atoms with Crippen LogP contribution in [0.2, 0.25) is 5.02 Å². The summed E-state index contributed by atoms with van der Waals surface area (Å²) in [6.45, 7) is 4.49. The molecule has 2 aromatic rings. The van der Waals surface area contributed by atoms with Crippen LogP contribution in [0.25, 0.3) is 5.70 Å². The molecule has 0 atom stereocenters. The fourth-order valence-electron chi connectivity index (χ4n) is 2.21. The van der Waals surface area contributed by atoms with Gasteiger partial charge in [-0.1, -0.05) is 63.6 Å². The van der Waals surface area contributed by atoms with Gasteiger partial charge in [0.1, 0.15) is 0 Å². The van der Waals surface area contributed by atoms with Crippen molar-refractivity contribution in [2.24, 2.45) is 4.99 Å². The number of rotatable bonds is 4. The molecule has 0 unspecified atom stereocenters. The Kier molecular flexibility index (Phi) is 5.66. The van der Waals surface area contributed by atoms with Gasteiger partial charge in [-0.2, -0.15) is 0 Å². The number of amidine groups is 1. The Morgan fingerprint density at radius 1 is 1.25 bits per heavy atom. The van der Waals surface area contributed by atoms with Gasteiger partial charge in [0.05, 0.1) is 17.9 Å². The summed E-state index contributed by atoms with van der Waals surface area (Å²) in [5.41, 5.74) is 6.38. The van der Waals surface area contributed by atoms with Crippen LogP contribution in [0.4, 0.5) is 5.69 Å². The first-order valence-electron chi connectivity index (χ1n) is 7.28. The highest BCUT2D eigenvalue weighted by Crippen LogP contribution is 2.29. The number of hydrazine groups is 1. The molecule has 122 valence electrons. The quantitative estimate of drug-likeness (QED) is 0.631. The van der Waals surface area contributed by atoms with Gasteiger partial charge in [0.2, 0.25) is 0 Å². The predicted octanol–water partition coefficient (Wildman–Crippen LogP) is 5.83. The summed E-state index contributed by atoms with van der Waals surface area (Å²) in [5.74, 6) is 0. The average molecular weight is 421 g/mol. The van der Waals surface area contributed by atoms with E-state index in [0.29, 0.717) is 6.54 Å². The number of benzene rings is 2. The molecule has 3 rings (SSSR count). The highest BCUT2D eigenvalue weighted by molar-refractivity contribution is 9.10. The van der Waals surface area contributed by atoms with E-state index in [-0.39, 0.29) is 0 Å². The molecule has 0 aliphatic carbocycles. The van der Waals surface area contributed by atoms with Gasteiger partial charge in [-0.25, -0.2) is 4.99 Å². The Labute approximate surface area is 159 Å². The van der Waals surface area contributed by atoms with Crippen molar-refractivity contribution < 1.29 is 0 Å². The minimum Gasteiger partial charge on any atom is -0.281 e. The van der Waals surface area contributed by atoms with Gasteiger partial charge < -0.3 is 0 Å². The molecule has 0 bridgehead atoms. The van der Waals surface area contributed by atoms with Gasteiger partial charge in [-0.3, -0.25) is 10.4 Å². The molecule has 1 aliphatic rings. The predicted molar refractivity (Wildman–Crippen MR) is 108 cm³/mol. The standard InChI is InChI=1S/C18H15BrClN3S/c1-2-10-23-17(13-6-8-15(20)9-7-13)12-24-18(22-23)21-16-5-3-4-14(19)11-16/h2-9,11-12H,1,10H2,(H,21,22). The number of nitrogens with one attached hydrogen (secondary N) is 1. The molecule has 2 aromatic carbocycles. The van der Waals surface area contributed by atoms with Crippen LogP contribution < -0.4 is 5.43 Å². The summed E-state index contributed by atoms with van der Waals surface area (Å²) in [6.07, 6.45) is 1.85. The summed E-state index contributed by atoms with van der Waals surface area (Å²) < 4.78 is 1.01. The Morgan fingerprint density at radius 2 is 2.04 bits per heavy atom. The molecule has 1 aliphatic heterocycles.